The summed E-state index contributed by atoms with van der Waals surface area (Å²) in [6.07, 6.45) is 6.07. The molecular weight excluding hydrogens is 262 g/mol. The van der Waals surface area contributed by atoms with Crippen molar-refractivity contribution in [1.82, 2.24) is 5.32 Å². The Balaban J connectivity index is 1.87. The molecular formula is C18H23NO2. The number of rotatable bonds is 4. The van der Waals surface area contributed by atoms with Crippen molar-refractivity contribution in [2.45, 2.75) is 43.7 Å². The van der Waals surface area contributed by atoms with Crippen molar-refractivity contribution in [2.24, 2.45) is 5.92 Å². The van der Waals surface area contributed by atoms with Gasteiger partial charge in [0.05, 0.1) is 13.0 Å². The molecule has 2 unspecified atom stereocenters. The summed E-state index contributed by atoms with van der Waals surface area (Å²) in [5, 5.41) is 3.57. The Labute approximate surface area is 126 Å². The fourth-order valence-electron chi connectivity index (χ4n) is 3.93. The predicted molar refractivity (Wildman–Crippen MR) is 83.2 cm³/mol. The van der Waals surface area contributed by atoms with E-state index in [4.69, 9.17) is 4.74 Å². The van der Waals surface area contributed by atoms with Crippen LogP contribution >= 0.6 is 0 Å². The van der Waals surface area contributed by atoms with E-state index < -0.39 is 0 Å². The number of benzene rings is 1. The van der Waals surface area contributed by atoms with Crippen LogP contribution in [0.1, 0.15) is 36.3 Å². The van der Waals surface area contributed by atoms with Crippen molar-refractivity contribution in [1.29, 1.82) is 0 Å². The van der Waals surface area contributed by atoms with Crippen LogP contribution in [0, 0.1) is 5.92 Å². The van der Waals surface area contributed by atoms with E-state index in [0.717, 1.165) is 19.3 Å². The molecule has 1 N–H and O–H groups in total. The van der Waals surface area contributed by atoms with Gasteiger partial charge < -0.3 is 10.1 Å². The Bertz CT molecular complexity index is 523. The van der Waals surface area contributed by atoms with Crippen molar-refractivity contribution in [3.63, 3.8) is 0 Å². The topological polar surface area (TPSA) is 38.3 Å². The van der Waals surface area contributed by atoms with Crippen LogP contribution < -0.4 is 5.32 Å². The van der Waals surface area contributed by atoms with Gasteiger partial charge in [0.2, 0.25) is 0 Å². The lowest BCUT2D eigenvalue weighted by Gasteiger charge is -2.36. The molecule has 0 saturated carbocycles. The van der Waals surface area contributed by atoms with Gasteiger partial charge in [-0.25, -0.2) is 0 Å². The van der Waals surface area contributed by atoms with Crippen LogP contribution in [-0.2, 0) is 16.0 Å². The van der Waals surface area contributed by atoms with E-state index in [1.807, 2.05) is 6.08 Å². The quantitative estimate of drug-likeness (QED) is 0.683. The van der Waals surface area contributed by atoms with Crippen molar-refractivity contribution >= 4 is 5.97 Å². The average molecular weight is 285 g/mol. The van der Waals surface area contributed by atoms with E-state index in [2.05, 4.69) is 36.2 Å². The van der Waals surface area contributed by atoms with Gasteiger partial charge in [-0.15, -0.1) is 6.58 Å². The Kier molecular flexibility index (Phi) is 4.11. The third-order valence-electron chi connectivity index (χ3n) is 4.94. The molecule has 2 aliphatic heterocycles. The summed E-state index contributed by atoms with van der Waals surface area (Å²) < 4.78 is 5.06. The molecule has 2 heterocycles. The molecule has 4 atom stereocenters. The van der Waals surface area contributed by atoms with Gasteiger partial charge in [0.25, 0.3) is 0 Å². The van der Waals surface area contributed by atoms with Crippen molar-refractivity contribution in [3.05, 3.63) is 48.0 Å². The summed E-state index contributed by atoms with van der Waals surface area (Å²) in [7, 11) is 1.49. The van der Waals surface area contributed by atoms with Gasteiger partial charge in [0.15, 0.2) is 0 Å². The molecule has 1 aromatic carbocycles. The monoisotopic (exact) mass is 285 g/mol. The van der Waals surface area contributed by atoms with Gasteiger partial charge in [-0.3, -0.25) is 4.79 Å². The molecule has 2 aliphatic rings. The van der Waals surface area contributed by atoms with Gasteiger partial charge in [-0.05, 0) is 36.8 Å². The predicted octanol–water partition coefficient (Wildman–Crippen LogP) is 2.81. The number of fused-ring (bicyclic) bond motifs is 2. The molecule has 3 heteroatoms. The van der Waals surface area contributed by atoms with Crippen LogP contribution in [-0.4, -0.2) is 25.2 Å². The number of methoxy groups -OCH3 is 1. The second kappa shape index (κ2) is 6.02. The first kappa shape index (κ1) is 14.3. The molecule has 3 rings (SSSR count). The SMILES string of the molecule is C=CCc1ccc([C@H]2C[C@H]3CCC(N3)C2C(=O)OC)cc1. The zero-order chi connectivity index (χ0) is 14.8. The van der Waals surface area contributed by atoms with Crippen LogP contribution in [0.25, 0.3) is 0 Å². The number of carbonyl (C=O) groups excluding carboxylic acids is 1. The summed E-state index contributed by atoms with van der Waals surface area (Å²) in [6.45, 7) is 3.77. The largest absolute Gasteiger partial charge is 0.469 e. The molecule has 0 amide bonds. The summed E-state index contributed by atoms with van der Waals surface area (Å²) in [6, 6.07) is 9.46. The van der Waals surface area contributed by atoms with E-state index >= 15 is 0 Å². The van der Waals surface area contributed by atoms with Gasteiger partial charge in [0.1, 0.15) is 0 Å². The Morgan fingerprint density at radius 3 is 2.81 bits per heavy atom. The number of piperidine rings is 1. The molecule has 3 nitrogen and oxygen atoms in total. The molecule has 1 aromatic rings. The maximum Gasteiger partial charge on any atom is 0.310 e. The summed E-state index contributed by atoms with van der Waals surface area (Å²) in [4.78, 5) is 12.2. The molecule has 0 radical (unpaired) electrons. The summed E-state index contributed by atoms with van der Waals surface area (Å²) in [5.74, 6) is 0.140. The van der Waals surface area contributed by atoms with E-state index in [-0.39, 0.29) is 23.8 Å². The highest BCUT2D eigenvalue weighted by Crippen LogP contribution is 2.42. The average Bonchev–Trinajstić information content (AvgIpc) is 2.89. The van der Waals surface area contributed by atoms with Crippen LogP contribution in [0.4, 0.5) is 0 Å². The van der Waals surface area contributed by atoms with E-state index in [9.17, 15) is 4.79 Å². The number of nitrogens with one attached hydrogen (secondary N) is 1. The van der Waals surface area contributed by atoms with E-state index in [1.54, 1.807) is 0 Å². The summed E-state index contributed by atoms with van der Waals surface area (Å²) in [5.41, 5.74) is 2.52. The lowest BCUT2D eigenvalue weighted by atomic mass is 9.77. The third kappa shape index (κ3) is 2.75. The first-order chi connectivity index (χ1) is 10.2. The molecule has 21 heavy (non-hydrogen) atoms. The first-order valence-corrected chi connectivity index (χ1v) is 7.76. The normalized spacial score (nSPS) is 30.9. The Morgan fingerprint density at radius 2 is 2.14 bits per heavy atom. The van der Waals surface area contributed by atoms with Crippen LogP contribution in [0.15, 0.2) is 36.9 Å². The molecule has 0 aromatic heterocycles. The van der Waals surface area contributed by atoms with Gasteiger partial charge >= 0.3 is 5.97 Å². The number of carbonyl (C=O) groups is 1. The van der Waals surface area contributed by atoms with Crippen LogP contribution in [0.3, 0.4) is 0 Å². The molecule has 2 bridgehead atoms. The standard InChI is InChI=1S/C18H23NO2/c1-3-4-12-5-7-13(8-6-12)15-11-14-9-10-16(19-14)17(15)18(20)21-2/h3,5-8,14-17,19H,1,4,9-11H2,2H3/t14-,15-,16?,17?/m1/s1. The van der Waals surface area contributed by atoms with E-state index in [1.165, 1.54) is 24.7 Å². The molecule has 2 saturated heterocycles. The highest BCUT2D eigenvalue weighted by atomic mass is 16.5. The number of allylic oxidation sites excluding steroid dienone is 1. The molecule has 112 valence electrons. The zero-order valence-electron chi connectivity index (χ0n) is 12.5. The van der Waals surface area contributed by atoms with Crippen LogP contribution in [0.2, 0.25) is 0 Å². The molecule has 2 fully saturated rings. The van der Waals surface area contributed by atoms with Crippen LogP contribution in [0.5, 0.6) is 0 Å². The van der Waals surface area contributed by atoms with Crippen molar-refractivity contribution in [2.75, 3.05) is 7.11 Å². The van der Waals surface area contributed by atoms with Gasteiger partial charge in [0, 0.05) is 18.0 Å². The van der Waals surface area contributed by atoms with E-state index in [0.29, 0.717) is 6.04 Å². The Morgan fingerprint density at radius 1 is 1.38 bits per heavy atom. The summed E-state index contributed by atoms with van der Waals surface area (Å²) >= 11 is 0. The Hall–Kier alpha value is -1.61. The number of hydrogen-bond donors (Lipinski definition) is 1. The lowest BCUT2D eigenvalue weighted by Crippen LogP contribution is -2.48. The highest BCUT2D eigenvalue weighted by molar-refractivity contribution is 5.75. The minimum atomic E-state index is -0.0759. The minimum Gasteiger partial charge on any atom is -0.469 e. The third-order valence-corrected chi connectivity index (χ3v) is 4.94. The van der Waals surface area contributed by atoms with Gasteiger partial charge in [-0.1, -0.05) is 30.3 Å². The second-order valence-corrected chi connectivity index (χ2v) is 6.17. The fraction of sp³-hybridized carbons (Fsp3) is 0.500. The second-order valence-electron chi connectivity index (χ2n) is 6.17. The fourth-order valence-corrected chi connectivity index (χ4v) is 3.93. The highest BCUT2D eigenvalue weighted by Gasteiger charge is 2.46. The molecule has 0 aliphatic carbocycles. The smallest absolute Gasteiger partial charge is 0.310 e. The number of esters is 1. The maximum absolute atomic E-state index is 12.2. The number of hydrogen-bond acceptors (Lipinski definition) is 3. The first-order valence-electron chi connectivity index (χ1n) is 7.76. The van der Waals surface area contributed by atoms with Crippen molar-refractivity contribution < 1.29 is 9.53 Å². The zero-order valence-corrected chi connectivity index (χ0v) is 12.5. The lowest BCUT2D eigenvalue weighted by molar-refractivity contribution is -0.148. The number of ether oxygens (including phenoxy) is 1. The maximum atomic E-state index is 12.2. The van der Waals surface area contributed by atoms with Gasteiger partial charge in [-0.2, -0.15) is 0 Å². The minimum absolute atomic E-state index is 0.0565. The molecule has 0 spiro atoms. The van der Waals surface area contributed by atoms with Crippen molar-refractivity contribution in [3.8, 4) is 0 Å².